The average Bonchev–Trinajstić information content (AvgIpc) is 3.42. The zero-order valence-electron chi connectivity index (χ0n) is 18.5. The van der Waals surface area contributed by atoms with E-state index in [0.717, 1.165) is 58.9 Å². The Bertz CT molecular complexity index is 1260. The molecule has 0 bridgehead atoms. The van der Waals surface area contributed by atoms with E-state index in [1.165, 1.54) is 0 Å². The van der Waals surface area contributed by atoms with Crippen LogP contribution < -0.4 is 20.1 Å². The first-order valence-electron chi connectivity index (χ1n) is 11.2. The molecule has 1 saturated heterocycles. The van der Waals surface area contributed by atoms with Crippen molar-refractivity contribution < 1.29 is 14.3 Å². The van der Waals surface area contributed by atoms with Crippen LogP contribution in [0, 0.1) is 0 Å². The highest BCUT2D eigenvalue weighted by molar-refractivity contribution is 7.17. The number of nitrogens with one attached hydrogen (secondary N) is 2. The monoisotopic (exact) mass is 461 g/mol. The van der Waals surface area contributed by atoms with E-state index in [1.807, 2.05) is 77.7 Å². The molecule has 1 fully saturated rings. The number of ether oxygens (including phenoxy) is 2. The van der Waals surface area contributed by atoms with E-state index in [4.69, 9.17) is 9.47 Å². The highest BCUT2D eigenvalue weighted by Gasteiger charge is 2.16. The standard InChI is InChI=1S/C26H27N3O3S/c1-29-23-11-14-33-25(23)16-24(29)26(30)28-22-8-3-2-5-18(22)17-31-20-6-4-7-21(15-20)32-19-9-12-27-13-10-19/h2-8,11,14-16,19,27H,9-10,12-13,17H2,1H3,(H,28,30). The van der Waals surface area contributed by atoms with E-state index in [9.17, 15) is 4.79 Å². The summed E-state index contributed by atoms with van der Waals surface area (Å²) in [6, 6.07) is 19.5. The average molecular weight is 462 g/mol. The van der Waals surface area contributed by atoms with Crippen molar-refractivity contribution in [1.29, 1.82) is 0 Å². The Kier molecular flexibility index (Phi) is 6.32. The minimum absolute atomic E-state index is 0.134. The molecule has 3 heterocycles. The molecule has 33 heavy (non-hydrogen) atoms. The van der Waals surface area contributed by atoms with Gasteiger partial charge in [0.05, 0.1) is 10.2 Å². The van der Waals surface area contributed by atoms with Crippen LogP contribution in [0.15, 0.2) is 66.0 Å². The molecule has 170 valence electrons. The number of amides is 1. The number of piperidine rings is 1. The Morgan fingerprint density at radius 1 is 1.09 bits per heavy atom. The molecule has 7 heteroatoms. The van der Waals surface area contributed by atoms with Crippen molar-refractivity contribution in [2.24, 2.45) is 7.05 Å². The molecule has 1 aliphatic heterocycles. The Labute approximate surface area is 197 Å². The van der Waals surface area contributed by atoms with Crippen LogP contribution in [0.2, 0.25) is 0 Å². The van der Waals surface area contributed by atoms with Crippen molar-refractivity contribution in [3.63, 3.8) is 0 Å². The molecule has 4 aromatic rings. The smallest absolute Gasteiger partial charge is 0.272 e. The van der Waals surface area contributed by atoms with Gasteiger partial charge in [-0.1, -0.05) is 24.3 Å². The maximum absolute atomic E-state index is 13.0. The van der Waals surface area contributed by atoms with E-state index >= 15 is 0 Å². The quantitative estimate of drug-likeness (QED) is 0.397. The van der Waals surface area contributed by atoms with Crippen LogP contribution in [-0.2, 0) is 13.7 Å². The third-order valence-electron chi connectivity index (χ3n) is 5.95. The van der Waals surface area contributed by atoms with Gasteiger partial charge in [-0.25, -0.2) is 0 Å². The summed E-state index contributed by atoms with van der Waals surface area (Å²) in [5, 5.41) is 8.44. The predicted molar refractivity (Wildman–Crippen MR) is 132 cm³/mol. The summed E-state index contributed by atoms with van der Waals surface area (Å²) in [6.07, 6.45) is 2.26. The molecule has 2 aromatic carbocycles. The molecule has 2 N–H and O–H groups in total. The van der Waals surface area contributed by atoms with Gasteiger partial charge in [0.1, 0.15) is 29.9 Å². The number of rotatable bonds is 7. The molecule has 0 saturated carbocycles. The number of carbonyl (C=O) groups is 1. The van der Waals surface area contributed by atoms with Crippen molar-refractivity contribution in [2.45, 2.75) is 25.6 Å². The lowest BCUT2D eigenvalue weighted by Gasteiger charge is -2.24. The second kappa shape index (κ2) is 9.68. The summed E-state index contributed by atoms with van der Waals surface area (Å²) in [4.78, 5) is 13.0. The molecule has 0 unspecified atom stereocenters. The van der Waals surface area contributed by atoms with Crippen LogP contribution in [0.4, 0.5) is 5.69 Å². The first kappa shape index (κ1) is 21.6. The second-order valence-corrected chi connectivity index (χ2v) is 9.15. The number of thiophene rings is 1. The maximum atomic E-state index is 13.0. The van der Waals surface area contributed by atoms with Gasteiger partial charge in [-0.15, -0.1) is 11.3 Å². The number of hydrogen-bond donors (Lipinski definition) is 2. The van der Waals surface area contributed by atoms with Gasteiger partial charge >= 0.3 is 0 Å². The van der Waals surface area contributed by atoms with E-state index < -0.39 is 0 Å². The first-order valence-corrected chi connectivity index (χ1v) is 12.1. The van der Waals surface area contributed by atoms with Gasteiger partial charge in [0.2, 0.25) is 0 Å². The summed E-state index contributed by atoms with van der Waals surface area (Å²) in [5.74, 6) is 1.43. The number of fused-ring (bicyclic) bond motifs is 1. The number of anilines is 1. The molecule has 0 aliphatic carbocycles. The Balaban J connectivity index is 1.25. The summed E-state index contributed by atoms with van der Waals surface area (Å²) in [5.41, 5.74) is 3.35. The minimum atomic E-state index is -0.134. The molecule has 5 rings (SSSR count). The Hall–Kier alpha value is -3.29. The van der Waals surface area contributed by atoms with Gasteiger partial charge in [-0.2, -0.15) is 0 Å². The van der Waals surface area contributed by atoms with Crippen LogP contribution >= 0.6 is 11.3 Å². The third kappa shape index (κ3) is 4.89. The minimum Gasteiger partial charge on any atom is -0.490 e. The molecule has 0 spiro atoms. The van der Waals surface area contributed by atoms with Crippen LogP contribution in [0.5, 0.6) is 11.5 Å². The normalized spacial score (nSPS) is 14.3. The maximum Gasteiger partial charge on any atom is 0.272 e. The third-order valence-corrected chi connectivity index (χ3v) is 6.80. The second-order valence-electron chi connectivity index (χ2n) is 8.20. The van der Waals surface area contributed by atoms with Crippen molar-refractivity contribution in [1.82, 2.24) is 9.88 Å². The molecule has 0 atom stereocenters. The van der Waals surface area contributed by atoms with Crippen LogP contribution in [0.1, 0.15) is 28.9 Å². The number of benzene rings is 2. The fourth-order valence-electron chi connectivity index (χ4n) is 4.13. The Morgan fingerprint density at radius 3 is 2.76 bits per heavy atom. The van der Waals surface area contributed by atoms with E-state index in [2.05, 4.69) is 10.6 Å². The highest BCUT2D eigenvalue weighted by Crippen LogP contribution is 2.27. The zero-order valence-corrected chi connectivity index (χ0v) is 19.4. The molecule has 2 aromatic heterocycles. The fraction of sp³-hybridized carbons (Fsp3) is 0.269. The number of aryl methyl sites for hydroxylation is 1. The molecule has 6 nitrogen and oxygen atoms in total. The largest absolute Gasteiger partial charge is 0.490 e. The summed E-state index contributed by atoms with van der Waals surface area (Å²) in [7, 11) is 1.91. The van der Waals surface area contributed by atoms with Crippen molar-refractivity contribution >= 4 is 33.1 Å². The first-order chi connectivity index (χ1) is 16.2. The van der Waals surface area contributed by atoms with Crippen LogP contribution in [0.25, 0.3) is 10.2 Å². The number of carbonyl (C=O) groups excluding carboxylic acids is 1. The molecule has 0 radical (unpaired) electrons. The number of para-hydroxylation sites is 1. The Morgan fingerprint density at radius 2 is 1.91 bits per heavy atom. The van der Waals surface area contributed by atoms with E-state index in [0.29, 0.717) is 12.3 Å². The predicted octanol–water partition coefficient (Wildman–Crippen LogP) is 5.20. The zero-order chi connectivity index (χ0) is 22.6. The SMILES string of the molecule is Cn1c(C(=O)Nc2ccccc2COc2cccc(OC3CCNCC3)c2)cc2sccc21. The number of aromatic nitrogens is 1. The van der Waals surface area contributed by atoms with Crippen molar-refractivity contribution in [3.05, 3.63) is 77.3 Å². The molecular formula is C26H27N3O3S. The van der Waals surface area contributed by atoms with Crippen molar-refractivity contribution in [3.8, 4) is 11.5 Å². The molecule has 1 aliphatic rings. The topological polar surface area (TPSA) is 64.5 Å². The molecular weight excluding hydrogens is 434 g/mol. The van der Waals surface area contributed by atoms with Gasteiger partial charge < -0.3 is 24.7 Å². The number of hydrogen-bond acceptors (Lipinski definition) is 5. The lowest BCUT2D eigenvalue weighted by molar-refractivity contribution is 0.101. The van der Waals surface area contributed by atoms with Gasteiger partial charge in [-0.05, 0) is 61.6 Å². The fourth-order valence-corrected chi connectivity index (χ4v) is 4.98. The van der Waals surface area contributed by atoms with Gasteiger partial charge in [0.15, 0.2) is 0 Å². The van der Waals surface area contributed by atoms with Gasteiger partial charge in [-0.3, -0.25) is 4.79 Å². The van der Waals surface area contributed by atoms with Gasteiger partial charge in [0, 0.05) is 24.4 Å². The summed E-state index contributed by atoms with van der Waals surface area (Å²) in [6.45, 7) is 2.32. The highest BCUT2D eigenvalue weighted by atomic mass is 32.1. The summed E-state index contributed by atoms with van der Waals surface area (Å²) >= 11 is 1.63. The van der Waals surface area contributed by atoms with Crippen molar-refractivity contribution in [2.75, 3.05) is 18.4 Å². The lowest BCUT2D eigenvalue weighted by Crippen LogP contribution is -2.34. The lowest BCUT2D eigenvalue weighted by atomic mass is 10.1. The summed E-state index contributed by atoms with van der Waals surface area (Å²) < 4.78 is 15.2. The van der Waals surface area contributed by atoms with Gasteiger partial charge in [0.25, 0.3) is 5.91 Å². The number of nitrogens with zero attached hydrogens (tertiary/aromatic N) is 1. The van der Waals surface area contributed by atoms with E-state index in [-0.39, 0.29) is 12.0 Å². The van der Waals surface area contributed by atoms with Crippen LogP contribution in [0.3, 0.4) is 0 Å². The molecule has 1 amide bonds. The van der Waals surface area contributed by atoms with E-state index in [1.54, 1.807) is 11.3 Å². The van der Waals surface area contributed by atoms with Crippen LogP contribution in [-0.4, -0.2) is 29.7 Å².